The molecule has 1 nitrogen and oxygen atoms in total. The van der Waals surface area contributed by atoms with Gasteiger partial charge in [0.15, 0.2) is 0 Å². The molecule has 0 heterocycles. The first-order valence-corrected chi connectivity index (χ1v) is 3.74. The Bertz CT molecular complexity index is 300. The topological polar surface area (TPSA) is 9.23 Å². The van der Waals surface area contributed by atoms with Crippen molar-refractivity contribution in [2.24, 2.45) is 0 Å². The van der Waals surface area contributed by atoms with E-state index in [1.54, 1.807) is 13.2 Å². The van der Waals surface area contributed by atoms with Crippen LogP contribution in [0.2, 0.25) is 0 Å². The normalized spacial score (nSPS) is 9.08. The average Bonchev–Trinajstić information content (AvgIpc) is 2.16. The summed E-state index contributed by atoms with van der Waals surface area (Å²) in [5, 5.41) is 0. The highest BCUT2D eigenvalue weighted by Gasteiger charge is 2.01. The van der Waals surface area contributed by atoms with Gasteiger partial charge >= 0.3 is 0 Å². The number of ether oxygens (including phenoxy) is 1. The number of hydrogen-bond donors (Lipinski definition) is 0. The predicted molar refractivity (Wildman–Crippen MR) is 52.2 cm³/mol. The zero-order valence-corrected chi connectivity index (χ0v) is 7.21. The van der Waals surface area contributed by atoms with Gasteiger partial charge in [0.1, 0.15) is 5.75 Å². The molecular formula is C11H12O. The zero-order valence-electron chi connectivity index (χ0n) is 7.21. The molecule has 0 aliphatic heterocycles. The summed E-state index contributed by atoms with van der Waals surface area (Å²) in [7, 11) is 1.65. The summed E-state index contributed by atoms with van der Waals surface area (Å²) in [4.78, 5) is 0. The number of allylic oxidation sites excluding steroid dienone is 2. The Balaban J connectivity index is 3.13. The van der Waals surface area contributed by atoms with Gasteiger partial charge in [0, 0.05) is 5.56 Å². The quantitative estimate of drug-likeness (QED) is 0.618. The van der Waals surface area contributed by atoms with E-state index in [9.17, 15) is 0 Å². The monoisotopic (exact) mass is 160 g/mol. The third-order valence-electron chi connectivity index (χ3n) is 1.70. The predicted octanol–water partition coefficient (Wildman–Crippen LogP) is 2.89. The molecule has 0 aromatic heterocycles. The summed E-state index contributed by atoms with van der Waals surface area (Å²) in [6.45, 7) is 7.51. The summed E-state index contributed by atoms with van der Waals surface area (Å²) in [6.07, 6.45) is 1.72. The van der Waals surface area contributed by atoms with Crippen molar-refractivity contribution in [3.8, 4) is 5.75 Å². The minimum Gasteiger partial charge on any atom is -0.496 e. The molecule has 0 saturated carbocycles. The Morgan fingerprint density at radius 2 is 2.08 bits per heavy atom. The van der Waals surface area contributed by atoms with Crippen LogP contribution in [0.4, 0.5) is 0 Å². The fourth-order valence-electron chi connectivity index (χ4n) is 1.02. The van der Waals surface area contributed by atoms with Crippen molar-refractivity contribution < 1.29 is 4.74 Å². The van der Waals surface area contributed by atoms with Crippen molar-refractivity contribution in [2.75, 3.05) is 7.11 Å². The molecule has 0 radical (unpaired) electrons. The van der Waals surface area contributed by atoms with Gasteiger partial charge in [-0.2, -0.15) is 0 Å². The largest absolute Gasteiger partial charge is 0.496 e. The molecule has 1 aromatic rings. The molecule has 62 valence electrons. The molecule has 0 unspecified atom stereocenters. The van der Waals surface area contributed by atoms with Crippen molar-refractivity contribution in [1.29, 1.82) is 0 Å². The first-order valence-electron chi connectivity index (χ1n) is 3.74. The first-order chi connectivity index (χ1) is 5.79. The number of methoxy groups -OCH3 is 1. The van der Waals surface area contributed by atoms with E-state index in [0.29, 0.717) is 0 Å². The van der Waals surface area contributed by atoms with Crippen molar-refractivity contribution in [2.45, 2.75) is 0 Å². The van der Waals surface area contributed by atoms with Crippen LogP contribution in [0.15, 0.2) is 43.5 Å². The Labute approximate surface area is 73.0 Å². The SMILES string of the molecule is C=CC(=C)c1ccccc1OC. The van der Waals surface area contributed by atoms with Gasteiger partial charge in [0.05, 0.1) is 7.11 Å². The van der Waals surface area contributed by atoms with Crippen LogP contribution in [-0.4, -0.2) is 7.11 Å². The maximum absolute atomic E-state index is 5.16. The summed E-state index contributed by atoms with van der Waals surface area (Å²) in [5.41, 5.74) is 1.88. The molecule has 0 fully saturated rings. The summed E-state index contributed by atoms with van der Waals surface area (Å²) in [5.74, 6) is 0.836. The smallest absolute Gasteiger partial charge is 0.126 e. The van der Waals surface area contributed by atoms with Crippen molar-refractivity contribution >= 4 is 5.57 Å². The number of para-hydroxylation sites is 1. The van der Waals surface area contributed by atoms with Crippen molar-refractivity contribution in [3.05, 3.63) is 49.1 Å². The number of rotatable bonds is 3. The lowest BCUT2D eigenvalue weighted by Crippen LogP contribution is -1.88. The van der Waals surface area contributed by atoms with Gasteiger partial charge in [-0.1, -0.05) is 37.4 Å². The zero-order chi connectivity index (χ0) is 8.97. The highest BCUT2D eigenvalue weighted by atomic mass is 16.5. The Morgan fingerprint density at radius 3 is 2.67 bits per heavy atom. The second-order valence-electron chi connectivity index (χ2n) is 2.43. The van der Waals surface area contributed by atoms with Crippen LogP contribution in [0.5, 0.6) is 5.75 Å². The van der Waals surface area contributed by atoms with E-state index in [0.717, 1.165) is 16.9 Å². The molecule has 1 rings (SSSR count). The molecule has 0 aliphatic carbocycles. The minimum absolute atomic E-state index is 0.836. The van der Waals surface area contributed by atoms with Crippen LogP contribution in [0.1, 0.15) is 5.56 Å². The second kappa shape index (κ2) is 3.77. The molecule has 12 heavy (non-hydrogen) atoms. The molecule has 1 heteroatoms. The molecule has 0 saturated heterocycles. The lowest BCUT2D eigenvalue weighted by atomic mass is 10.1. The lowest BCUT2D eigenvalue weighted by Gasteiger charge is -2.06. The van der Waals surface area contributed by atoms with Crippen LogP contribution in [0, 0.1) is 0 Å². The van der Waals surface area contributed by atoms with Crippen molar-refractivity contribution in [3.63, 3.8) is 0 Å². The highest BCUT2D eigenvalue weighted by molar-refractivity contribution is 5.75. The summed E-state index contributed by atoms with van der Waals surface area (Å²) >= 11 is 0. The van der Waals surface area contributed by atoms with Gasteiger partial charge in [0.25, 0.3) is 0 Å². The van der Waals surface area contributed by atoms with Crippen LogP contribution >= 0.6 is 0 Å². The molecule has 0 atom stereocenters. The van der Waals surface area contributed by atoms with Crippen LogP contribution in [0.3, 0.4) is 0 Å². The Kier molecular flexibility index (Phi) is 2.70. The van der Waals surface area contributed by atoms with E-state index in [-0.39, 0.29) is 0 Å². The highest BCUT2D eigenvalue weighted by Crippen LogP contribution is 2.24. The second-order valence-corrected chi connectivity index (χ2v) is 2.43. The van der Waals surface area contributed by atoms with E-state index in [4.69, 9.17) is 4.74 Å². The maximum Gasteiger partial charge on any atom is 0.126 e. The average molecular weight is 160 g/mol. The molecule has 0 spiro atoms. The van der Waals surface area contributed by atoms with Gasteiger partial charge in [-0.3, -0.25) is 0 Å². The van der Waals surface area contributed by atoms with Gasteiger partial charge in [-0.15, -0.1) is 0 Å². The number of hydrogen-bond acceptors (Lipinski definition) is 1. The van der Waals surface area contributed by atoms with E-state index >= 15 is 0 Å². The first kappa shape index (κ1) is 8.60. The molecule has 0 aliphatic rings. The van der Waals surface area contributed by atoms with E-state index in [1.807, 2.05) is 24.3 Å². The van der Waals surface area contributed by atoms with E-state index in [2.05, 4.69) is 13.2 Å². The molecular weight excluding hydrogens is 148 g/mol. The molecule has 1 aromatic carbocycles. The third kappa shape index (κ3) is 1.56. The number of benzene rings is 1. The van der Waals surface area contributed by atoms with Gasteiger partial charge in [0.2, 0.25) is 0 Å². The molecule has 0 bridgehead atoms. The van der Waals surface area contributed by atoms with Crippen LogP contribution in [0.25, 0.3) is 5.57 Å². The Morgan fingerprint density at radius 1 is 1.42 bits per heavy atom. The van der Waals surface area contributed by atoms with Gasteiger partial charge in [-0.25, -0.2) is 0 Å². The maximum atomic E-state index is 5.16. The van der Waals surface area contributed by atoms with E-state index < -0.39 is 0 Å². The third-order valence-corrected chi connectivity index (χ3v) is 1.70. The molecule has 0 amide bonds. The van der Waals surface area contributed by atoms with Gasteiger partial charge in [-0.05, 0) is 11.6 Å². The fourth-order valence-corrected chi connectivity index (χ4v) is 1.02. The molecule has 0 N–H and O–H groups in total. The summed E-state index contributed by atoms with van der Waals surface area (Å²) < 4.78 is 5.16. The van der Waals surface area contributed by atoms with Crippen LogP contribution in [-0.2, 0) is 0 Å². The standard InChI is InChI=1S/C11H12O/c1-4-9(2)10-7-5-6-8-11(10)12-3/h4-8H,1-2H2,3H3. The van der Waals surface area contributed by atoms with E-state index in [1.165, 1.54) is 0 Å². The van der Waals surface area contributed by atoms with Gasteiger partial charge < -0.3 is 4.74 Å². The lowest BCUT2D eigenvalue weighted by molar-refractivity contribution is 0.413. The van der Waals surface area contributed by atoms with Crippen LogP contribution < -0.4 is 4.74 Å². The fraction of sp³-hybridized carbons (Fsp3) is 0.0909. The summed E-state index contributed by atoms with van der Waals surface area (Å²) in [6, 6.07) is 7.75. The Hall–Kier alpha value is -1.50. The van der Waals surface area contributed by atoms with Crippen molar-refractivity contribution in [1.82, 2.24) is 0 Å². The minimum atomic E-state index is 0.836.